The molecule has 1 aliphatic carbocycles. The van der Waals surface area contributed by atoms with Gasteiger partial charge in [0.1, 0.15) is 9.77 Å². The fraction of sp³-hybridized carbons (Fsp3) is 0.571. The Hall–Kier alpha value is -0.970. The van der Waals surface area contributed by atoms with Gasteiger partial charge in [-0.25, -0.2) is 13.2 Å². The number of sulfonamides is 1. The average Bonchev–Trinajstić information content (AvgIpc) is 3.27. The second kappa shape index (κ2) is 7.94. The summed E-state index contributed by atoms with van der Waals surface area (Å²) in [7, 11) is -2.58. The lowest BCUT2D eigenvalue weighted by atomic mass is 10.4. The first kappa shape index (κ1) is 19.4. The highest BCUT2D eigenvalue weighted by Gasteiger charge is 2.40. The van der Waals surface area contributed by atoms with Gasteiger partial charge in [0.05, 0.1) is 23.9 Å². The molecule has 0 spiro atoms. The zero-order valence-corrected chi connectivity index (χ0v) is 16.5. The molecule has 0 unspecified atom stereocenters. The first-order chi connectivity index (χ1) is 11.3. The number of halogens is 1. The number of hydrogen-bond donors (Lipinski definition) is 0. The van der Waals surface area contributed by atoms with Gasteiger partial charge in [-0.15, -0.1) is 11.3 Å². The average molecular weight is 440 g/mol. The van der Waals surface area contributed by atoms with Crippen LogP contribution in [0.2, 0.25) is 0 Å². The molecule has 0 atom stereocenters. The van der Waals surface area contributed by atoms with Crippen LogP contribution in [0.1, 0.15) is 35.9 Å². The summed E-state index contributed by atoms with van der Waals surface area (Å²) in [6.45, 7) is 2.01. The van der Waals surface area contributed by atoms with Gasteiger partial charge in [0.15, 0.2) is 0 Å². The molecule has 0 amide bonds. The molecule has 0 N–H and O–H groups in total. The minimum absolute atomic E-state index is 0.00478. The lowest BCUT2D eigenvalue weighted by molar-refractivity contribution is -0.143. The van der Waals surface area contributed by atoms with E-state index >= 15 is 0 Å². The number of rotatable bonds is 8. The van der Waals surface area contributed by atoms with E-state index in [2.05, 4.69) is 20.7 Å². The van der Waals surface area contributed by atoms with Crippen LogP contribution >= 0.6 is 27.3 Å². The molecule has 1 aliphatic rings. The molecule has 1 aromatic heterocycles. The highest BCUT2D eigenvalue weighted by Crippen LogP contribution is 2.38. The number of ether oxygens (including phenoxy) is 2. The topological polar surface area (TPSA) is 90.0 Å². The molecule has 0 aromatic carbocycles. The third-order valence-electron chi connectivity index (χ3n) is 3.42. The zero-order chi connectivity index (χ0) is 17.9. The molecule has 1 heterocycles. The Kier molecular flexibility index (Phi) is 6.40. The summed E-state index contributed by atoms with van der Waals surface area (Å²) in [5.41, 5.74) is 0. The Morgan fingerprint density at radius 2 is 2.08 bits per heavy atom. The first-order valence-electron chi connectivity index (χ1n) is 7.36. The van der Waals surface area contributed by atoms with Crippen molar-refractivity contribution in [2.75, 3.05) is 20.3 Å². The predicted octanol–water partition coefficient (Wildman–Crippen LogP) is 2.40. The van der Waals surface area contributed by atoms with Gasteiger partial charge in [-0.2, -0.15) is 4.31 Å². The maximum atomic E-state index is 12.9. The molecule has 0 radical (unpaired) electrons. The summed E-state index contributed by atoms with van der Waals surface area (Å²) in [5.74, 6) is -1.02. The van der Waals surface area contributed by atoms with Crippen molar-refractivity contribution in [3.8, 4) is 0 Å². The summed E-state index contributed by atoms with van der Waals surface area (Å²) in [4.78, 5) is 23.4. The molecule has 0 saturated heterocycles. The van der Waals surface area contributed by atoms with Crippen molar-refractivity contribution < 1.29 is 27.5 Å². The van der Waals surface area contributed by atoms with E-state index in [1.807, 2.05) is 0 Å². The number of esters is 2. The van der Waals surface area contributed by atoms with Crippen LogP contribution in [-0.2, 0) is 24.3 Å². The Bertz CT molecular complexity index is 726. The quantitative estimate of drug-likeness (QED) is 0.577. The monoisotopic (exact) mass is 439 g/mol. The van der Waals surface area contributed by atoms with E-state index in [0.29, 0.717) is 3.79 Å². The van der Waals surface area contributed by atoms with E-state index in [1.54, 1.807) is 6.92 Å². The second-order valence-electron chi connectivity index (χ2n) is 5.14. The molecule has 1 fully saturated rings. The third-order valence-corrected chi connectivity index (χ3v) is 7.61. The standard InChI is InChI=1S/C14H18BrNO6S2/c1-3-22-12(17)6-7-16(9-4-5-9)24(19,20)11-8-10(14(18)21-2)23-13(11)15/h8-9H,3-7H2,1-2H3. The molecule has 1 aromatic rings. The summed E-state index contributed by atoms with van der Waals surface area (Å²) in [6.07, 6.45) is 1.51. The Balaban J connectivity index is 2.24. The van der Waals surface area contributed by atoms with Gasteiger partial charge in [0.2, 0.25) is 10.0 Å². The maximum absolute atomic E-state index is 12.9. The van der Waals surface area contributed by atoms with Gasteiger partial charge in [0, 0.05) is 12.6 Å². The Morgan fingerprint density at radius 1 is 1.42 bits per heavy atom. The lowest BCUT2D eigenvalue weighted by Crippen LogP contribution is -2.35. The zero-order valence-electron chi connectivity index (χ0n) is 13.3. The highest BCUT2D eigenvalue weighted by atomic mass is 79.9. The first-order valence-corrected chi connectivity index (χ1v) is 10.4. The van der Waals surface area contributed by atoms with E-state index in [-0.39, 0.29) is 35.4 Å². The van der Waals surface area contributed by atoms with Crippen molar-refractivity contribution in [3.05, 3.63) is 14.7 Å². The maximum Gasteiger partial charge on any atom is 0.348 e. The van der Waals surface area contributed by atoms with Gasteiger partial charge in [-0.1, -0.05) is 0 Å². The van der Waals surface area contributed by atoms with Crippen molar-refractivity contribution >= 4 is 49.2 Å². The van der Waals surface area contributed by atoms with Gasteiger partial charge in [-0.05, 0) is 41.8 Å². The number of hydrogen-bond acceptors (Lipinski definition) is 7. The summed E-state index contributed by atoms with van der Waals surface area (Å²) in [5, 5.41) is 0. The van der Waals surface area contributed by atoms with E-state index in [9.17, 15) is 18.0 Å². The number of nitrogens with zero attached hydrogens (tertiary/aromatic N) is 1. The van der Waals surface area contributed by atoms with Crippen LogP contribution in [0, 0.1) is 0 Å². The Labute approximate surface area is 153 Å². The fourth-order valence-electron chi connectivity index (χ4n) is 2.15. The van der Waals surface area contributed by atoms with Crippen molar-refractivity contribution in [3.63, 3.8) is 0 Å². The SMILES string of the molecule is CCOC(=O)CCN(C1CC1)S(=O)(=O)c1cc(C(=O)OC)sc1Br. The molecule has 24 heavy (non-hydrogen) atoms. The van der Waals surface area contributed by atoms with Gasteiger partial charge in [-0.3, -0.25) is 4.79 Å². The molecule has 10 heteroatoms. The normalized spacial score (nSPS) is 14.7. The number of thiophene rings is 1. The van der Waals surface area contributed by atoms with Gasteiger partial charge < -0.3 is 9.47 Å². The molecule has 134 valence electrons. The largest absolute Gasteiger partial charge is 0.466 e. The van der Waals surface area contributed by atoms with Crippen molar-refractivity contribution in [1.29, 1.82) is 0 Å². The van der Waals surface area contributed by atoms with E-state index in [1.165, 1.54) is 17.5 Å². The summed E-state index contributed by atoms with van der Waals surface area (Å²) in [6, 6.07) is 1.19. The lowest BCUT2D eigenvalue weighted by Gasteiger charge is -2.21. The van der Waals surface area contributed by atoms with E-state index < -0.39 is 22.0 Å². The fourth-order valence-corrected chi connectivity index (χ4v) is 6.27. The van der Waals surface area contributed by atoms with Crippen LogP contribution < -0.4 is 0 Å². The molecule has 1 saturated carbocycles. The summed E-state index contributed by atoms with van der Waals surface area (Å²) < 4.78 is 37.0. The molecular weight excluding hydrogens is 422 g/mol. The van der Waals surface area contributed by atoms with Crippen LogP contribution in [0.5, 0.6) is 0 Å². The number of carbonyl (C=O) groups is 2. The van der Waals surface area contributed by atoms with Crippen LogP contribution in [0.15, 0.2) is 14.7 Å². The van der Waals surface area contributed by atoms with E-state index in [0.717, 1.165) is 24.2 Å². The van der Waals surface area contributed by atoms with Crippen LogP contribution in [0.3, 0.4) is 0 Å². The van der Waals surface area contributed by atoms with Gasteiger partial charge in [0.25, 0.3) is 0 Å². The van der Waals surface area contributed by atoms with Crippen LogP contribution in [-0.4, -0.2) is 51.0 Å². The minimum atomic E-state index is -3.82. The third kappa shape index (κ3) is 4.35. The van der Waals surface area contributed by atoms with Crippen molar-refractivity contribution in [2.45, 2.75) is 37.1 Å². The highest BCUT2D eigenvalue weighted by molar-refractivity contribution is 9.11. The molecule has 0 aliphatic heterocycles. The smallest absolute Gasteiger partial charge is 0.348 e. The second-order valence-corrected chi connectivity index (χ2v) is 9.37. The molecule has 2 rings (SSSR count). The Morgan fingerprint density at radius 3 is 2.62 bits per heavy atom. The predicted molar refractivity (Wildman–Crippen MR) is 91.5 cm³/mol. The van der Waals surface area contributed by atoms with E-state index in [4.69, 9.17) is 4.74 Å². The minimum Gasteiger partial charge on any atom is -0.466 e. The van der Waals surface area contributed by atoms with Crippen LogP contribution in [0.25, 0.3) is 0 Å². The summed E-state index contributed by atoms with van der Waals surface area (Å²) >= 11 is 4.21. The van der Waals surface area contributed by atoms with Crippen molar-refractivity contribution in [1.82, 2.24) is 4.31 Å². The molecule has 7 nitrogen and oxygen atoms in total. The van der Waals surface area contributed by atoms with Crippen molar-refractivity contribution in [2.24, 2.45) is 0 Å². The van der Waals surface area contributed by atoms with Crippen LogP contribution in [0.4, 0.5) is 0 Å². The molecule has 0 bridgehead atoms. The number of carbonyl (C=O) groups excluding carboxylic acids is 2. The van der Waals surface area contributed by atoms with Gasteiger partial charge >= 0.3 is 11.9 Å². The number of methoxy groups -OCH3 is 1. The molecular formula is C14H18BrNO6S2.